The number of ether oxygens (including phenoxy) is 3. The van der Waals surface area contributed by atoms with Gasteiger partial charge in [0.25, 0.3) is 0 Å². The second-order valence-electron chi connectivity index (χ2n) is 12.7. The lowest BCUT2D eigenvalue weighted by Gasteiger charge is -2.66. The highest BCUT2D eigenvalue weighted by Gasteiger charge is 2.88. The minimum absolute atomic E-state index is 0.0935. The molecule has 2 unspecified atom stereocenters. The fraction of sp³-hybridized carbons (Fsp3) is 0.714. The first kappa shape index (κ1) is 26.9. The van der Waals surface area contributed by atoms with Gasteiger partial charge in [0.05, 0.1) is 30.0 Å². The Labute approximate surface area is 221 Å². The number of fused-ring (bicyclic) bond motifs is 1. The number of hydrogen-bond donors (Lipinski definition) is 2. The van der Waals surface area contributed by atoms with E-state index in [1.165, 1.54) is 19.5 Å². The van der Waals surface area contributed by atoms with Crippen LogP contribution in [-0.4, -0.2) is 57.3 Å². The first-order chi connectivity index (χ1) is 17.5. The standard InChI is InChI=1S/C28H36O10/c1-14(29)36-19(12-20(31)32)26(5)16-7-9-25(4)21(15-8-10-35-13-15)37-23(33)22-28(25,38-22)27(16,6)18(30)11-17(26)24(2,3)34/h8,10,13,16-17,19,21-22,34H,7,9,11-12H2,1-6H3,(H,31,32)/t16?,17?,19-,21-,22+,25-,26+,27-,28+/m0/s1. The summed E-state index contributed by atoms with van der Waals surface area (Å²) < 4.78 is 23.1. The third-order valence-electron chi connectivity index (χ3n) is 10.4. The number of carbonyl (C=O) groups excluding carboxylic acids is 3. The van der Waals surface area contributed by atoms with Crippen molar-refractivity contribution in [1.82, 2.24) is 0 Å². The first-order valence-corrected chi connectivity index (χ1v) is 13.1. The number of epoxide rings is 1. The monoisotopic (exact) mass is 532 g/mol. The van der Waals surface area contributed by atoms with Crippen molar-refractivity contribution < 1.29 is 48.0 Å². The summed E-state index contributed by atoms with van der Waals surface area (Å²) in [6.07, 6.45) is 0.567. The lowest BCUT2D eigenvalue weighted by atomic mass is 9.37. The number of carboxylic acids is 1. The van der Waals surface area contributed by atoms with Crippen molar-refractivity contribution >= 4 is 23.7 Å². The number of hydrogen-bond acceptors (Lipinski definition) is 9. The third kappa shape index (κ3) is 3.25. The molecule has 10 heteroatoms. The van der Waals surface area contributed by atoms with Gasteiger partial charge in [-0.15, -0.1) is 0 Å². The first-order valence-electron chi connectivity index (χ1n) is 13.1. The number of aliphatic carboxylic acids is 1. The third-order valence-corrected chi connectivity index (χ3v) is 10.4. The van der Waals surface area contributed by atoms with Crippen molar-refractivity contribution in [3.8, 4) is 0 Å². The van der Waals surface area contributed by atoms with Crippen LogP contribution in [0.15, 0.2) is 23.0 Å². The number of furan rings is 1. The summed E-state index contributed by atoms with van der Waals surface area (Å²) in [4.78, 5) is 51.7. The van der Waals surface area contributed by atoms with Crippen molar-refractivity contribution in [3.05, 3.63) is 24.2 Å². The number of aliphatic hydroxyl groups is 1. The molecule has 0 radical (unpaired) electrons. The topological polar surface area (TPSA) is 153 Å². The van der Waals surface area contributed by atoms with Gasteiger partial charge in [-0.05, 0) is 45.6 Å². The molecular formula is C28H36O10. The Balaban J connectivity index is 1.70. The zero-order valence-electron chi connectivity index (χ0n) is 22.6. The highest BCUT2D eigenvalue weighted by atomic mass is 16.7. The van der Waals surface area contributed by atoms with Crippen LogP contribution in [0.3, 0.4) is 0 Å². The Morgan fingerprint density at radius 1 is 1.21 bits per heavy atom. The predicted molar refractivity (Wildman–Crippen MR) is 129 cm³/mol. The van der Waals surface area contributed by atoms with Crippen LogP contribution in [-0.2, 0) is 33.4 Å². The van der Waals surface area contributed by atoms with Gasteiger partial charge in [-0.2, -0.15) is 0 Å². The van der Waals surface area contributed by atoms with Crippen LogP contribution in [0.1, 0.15) is 78.9 Å². The Morgan fingerprint density at radius 3 is 2.45 bits per heavy atom. The smallest absolute Gasteiger partial charge is 0.339 e. The fourth-order valence-corrected chi connectivity index (χ4v) is 8.86. The van der Waals surface area contributed by atoms with Gasteiger partial charge in [0.15, 0.2) is 6.10 Å². The lowest BCUT2D eigenvalue weighted by molar-refractivity contribution is -0.240. The molecule has 3 heterocycles. The van der Waals surface area contributed by atoms with E-state index < -0.39 is 81.9 Å². The molecule has 2 saturated carbocycles. The summed E-state index contributed by atoms with van der Waals surface area (Å²) in [5.74, 6) is -3.82. The normalized spacial score (nSPS) is 42.7. The summed E-state index contributed by atoms with van der Waals surface area (Å²) in [6.45, 7) is 9.97. The largest absolute Gasteiger partial charge is 0.481 e. The second kappa shape index (κ2) is 8.14. The molecule has 1 aromatic heterocycles. The zero-order chi connectivity index (χ0) is 28.1. The predicted octanol–water partition coefficient (Wildman–Crippen LogP) is 3.21. The van der Waals surface area contributed by atoms with Gasteiger partial charge >= 0.3 is 17.9 Å². The van der Waals surface area contributed by atoms with Gasteiger partial charge in [-0.1, -0.05) is 13.8 Å². The van der Waals surface area contributed by atoms with Crippen molar-refractivity contribution in [1.29, 1.82) is 0 Å². The van der Waals surface area contributed by atoms with Crippen LogP contribution in [0.2, 0.25) is 0 Å². The van der Waals surface area contributed by atoms with E-state index >= 15 is 0 Å². The lowest BCUT2D eigenvalue weighted by Crippen LogP contribution is -2.73. The van der Waals surface area contributed by atoms with Gasteiger partial charge in [0.1, 0.15) is 23.6 Å². The quantitative estimate of drug-likeness (QED) is 0.412. The molecule has 38 heavy (non-hydrogen) atoms. The molecule has 2 aliphatic carbocycles. The van der Waals surface area contributed by atoms with E-state index in [1.807, 2.05) is 13.8 Å². The van der Waals surface area contributed by atoms with Crippen LogP contribution in [0.25, 0.3) is 0 Å². The molecule has 5 rings (SSSR count). The molecular weight excluding hydrogens is 496 g/mol. The van der Waals surface area contributed by atoms with Crippen LogP contribution in [0, 0.1) is 28.1 Å². The molecule has 1 spiro atoms. The summed E-state index contributed by atoms with van der Waals surface area (Å²) in [7, 11) is 0. The molecule has 2 saturated heterocycles. The average molecular weight is 533 g/mol. The molecule has 2 aliphatic heterocycles. The van der Waals surface area contributed by atoms with Gasteiger partial charge in [0, 0.05) is 35.7 Å². The number of ketones is 1. The highest BCUT2D eigenvalue weighted by molar-refractivity contribution is 5.93. The Bertz CT molecular complexity index is 1170. The molecule has 4 aliphatic rings. The number of carboxylic acid groups (broad SMARTS) is 1. The maximum Gasteiger partial charge on any atom is 0.339 e. The zero-order valence-corrected chi connectivity index (χ0v) is 22.6. The second-order valence-corrected chi connectivity index (χ2v) is 12.7. The van der Waals surface area contributed by atoms with Gasteiger partial charge in [-0.3, -0.25) is 14.4 Å². The minimum atomic E-state index is -1.39. The Morgan fingerprint density at radius 2 is 1.89 bits per heavy atom. The summed E-state index contributed by atoms with van der Waals surface area (Å²) in [6, 6.07) is 1.73. The van der Waals surface area contributed by atoms with Crippen LogP contribution in [0.5, 0.6) is 0 Å². The van der Waals surface area contributed by atoms with E-state index in [0.717, 1.165) is 0 Å². The fourth-order valence-electron chi connectivity index (χ4n) is 8.86. The molecule has 10 nitrogen and oxygen atoms in total. The minimum Gasteiger partial charge on any atom is -0.481 e. The maximum absolute atomic E-state index is 14.3. The van der Waals surface area contributed by atoms with Crippen molar-refractivity contribution in [2.75, 3.05) is 0 Å². The number of carbonyl (C=O) groups is 4. The van der Waals surface area contributed by atoms with Crippen LogP contribution < -0.4 is 0 Å². The van der Waals surface area contributed by atoms with Crippen LogP contribution in [0.4, 0.5) is 0 Å². The maximum atomic E-state index is 14.3. The molecule has 4 fully saturated rings. The number of esters is 2. The number of Topliss-reactive ketones (excluding diaryl/α,β-unsaturated/α-hetero) is 1. The van der Waals surface area contributed by atoms with E-state index in [1.54, 1.807) is 26.8 Å². The van der Waals surface area contributed by atoms with E-state index in [2.05, 4.69) is 0 Å². The molecule has 0 bridgehead atoms. The number of rotatable bonds is 6. The van der Waals surface area contributed by atoms with Gasteiger partial charge < -0.3 is 28.8 Å². The molecule has 1 aromatic rings. The van der Waals surface area contributed by atoms with E-state index in [-0.39, 0.29) is 12.2 Å². The average Bonchev–Trinajstić information content (AvgIpc) is 3.37. The summed E-state index contributed by atoms with van der Waals surface area (Å²) in [5.41, 5.74) is -5.12. The summed E-state index contributed by atoms with van der Waals surface area (Å²) in [5, 5.41) is 21.1. The SMILES string of the molecule is CC(=O)O[C@@H](CC(=O)O)[C@@]1(C)C(C(C)(C)O)CC(=O)[C@]2(C)C1CC[C@@]1(C)[C@H](c3ccoc3)OC(=O)[C@H]3O[C@]312. The molecule has 9 atom stereocenters. The van der Waals surface area contributed by atoms with Crippen molar-refractivity contribution in [2.24, 2.45) is 28.1 Å². The van der Waals surface area contributed by atoms with Crippen molar-refractivity contribution in [2.45, 2.75) is 96.7 Å². The molecule has 2 N–H and O–H groups in total. The van der Waals surface area contributed by atoms with E-state index in [9.17, 15) is 29.4 Å². The molecule has 0 amide bonds. The Hall–Kier alpha value is -2.72. The molecule has 0 aromatic carbocycles. The van der Waals surface area contributed by atoms with Crippen molar-refractivity contribution in [3.63, 3.8) is 0 Å². The van der Waals surface area contributed by atoms with E-state index in [0.29, 0.717) is 18.4 Å². The number of cyclic esters (lactones) is 1. The highest BCUT2D eigenvalue weighted by Crippen LogP contribution is 2.78. The van der Waals surface area contributed by atoms with Crippen LogP contribution >= 0.6 is 0 Å². The molecule has 208 valence electrons. The van der Waals surface area contributed by atoms with E-state index in [4.69, 9.17) is 18.6 Å². The summed E-state index contributed by atoms with van der Waals surface area (Å²) >= 11 is 0. The van der Waals surface area contributed by atoms with Gasteiger partial charge in [-0.25, -0.2) is 4.79 Å². The van der Waals surface area contributed by atoms with Gasteiger partial charge in [0.2, 0.25) is 0 Å². The Kier molecular flexibility index (Phi) is 5.76.